The van der Waals surface area contributed by atoms with Gasteiger partial charge in [0.05, 0.1) is 5.56 Å². The third-order valence-corrected chi connectivity index (χ3v) is 3.04. The topological polar surface area (TPSA) is 29.5 Å². The molecule has 3 nitrogen and oxygen atoms in total. The number of likely N-dealkylation sites (N-methyl/N-ethyl adjacent to an activating group) is 1. The van der Waals surface area contributed by atoms with Crippen molar-refractivity contribution >= 4 is 16.6 Å². The molecule has 3 heteroatoms. The summed E-state index contributed by atoms with van der Waals surface area (Å²) in [5.74, 6) is 0.734. The van der Waals surface area contributed by atoms with E-state index < -0.39 is 0 Å². The molecule has 2 aromatic carbocycles. The Morgan fingerprint density at radius 3 is 2.58 bits per heavy atom. The molecular formula is C16H19NO2. The van der Waals surface area contributed by atoms with E-state index in [4.69, 9.17) is 4.74 Å². The van der Waals surface area contributed by atoms with Crippen molar-refractivity contribution in [2.75, 3.05) is 27.2 Å². The first-order chi connectivity index (χ1) is 9.09. The van der Waals surface area contributed by atoms with Crippen LogP contribution >= 0.6 is 0 Å². The van der Waals surface area contributed by atoms with Crippen LogP contribution in [-0.4, -0.2) is 37.9 Å². The Hall–Kier alpha value is -1.87. The Kier molecular flexibility index (Phi) is 4.17. The summed E-state index contributed by atoms with van der Waals surface area (Å²) in [6.45, 7) is 2.96. The molecule has 0 spiro atoms. The first kappa shape index (κ1) is 13.6. The van der Waals surface area contributed by atoms with Crippen molar-refractivity contribution in [1.82, 2.24) is 4.90 Å². The van der Waals surface area contributed by atoms with Crippen molar-refractivity contribution < 1.29 is 9.53 Å². The number of carbonyl (C=O) groups is 1. The molecule has 0 saturated heterocycles. The van der Waals surface area contributed by atoms with E-state index in [-0.39, 0.29) is 5.78 Å². The smallest absolute Gasteiger partial charge is 0.163 e. The van der Waals surface area contributed by atoms with E-state index in [1.807, 2.05) is 50.5 Å². The maximum Gasteiger partial charge on any atom is 0.163 e. The largest absolute Gasteiger partial charge is 0.491 e. The van der Waals surface area contributed by atoms with Gasteiger partial charge in [0.15, 0.2) is 5.78 Å². The van der Waals surface area contributed by atoms with E-state index in [0.717, 1.165) is 17.3 Å². The number of hydrogen-bond donors (Lipinski definition) is 0. The second kappa shape index (κ2) is 5.85. The van der Waals surface area contributed by atoms with Crippen LogP contribution in [0.5, 0.6) is 5.75 Å². The molecule has 19 heavy (non-hydrogen) atoms. The summed E-state index contributed by atoms with van der Waals surface area (Å²) < 4.78 is 5.86. The summed E-state index contributed by atoms with van der Waals surface area (Å²) in [6.07, 6.45) is 0. The van der Waals surface area contributed by atoms with Crippen LogP contribution in [0.15, 0.2) is 36.4 Å². The predicted molar refractivity (Wildman–Crippen MR) is 78.0 cm³/mol. The molecule has 0 aliphatic carbocycles. The SMILES string of the molecule is CC(=O)c1ccc2ccccc2c1OCCN(C)C. The zero-order chi connectivity index (χ0) is 13.8. The van der Waals surface area contributed by atoms with Gasteiger partial charge in [0.2, 0.25) is 0 Å². The van der Waals surface area contributed by atoms with E-state index in [1.165, 1.54) is 0 Å². The molecule has 0 heterocycles. The predicted octanol–water partition coefficient (Wildman–Crippen LogP) is 2.98. The molecule has 2 rings (SSSR count). The highest BCUT2D eigenvalue weighted by atomic mass is 16.5. The lowest BCUT2D eigenvalue weighted by molar-refractivity contribution is 0.101. The van der Waals surface area contributed by atoms with Gasteiger partial charge in [-0.2, -0.15) is 0 Å². The summed E-state index contributed by atoms with van der Waals surface area (Å²) in [6, 6.07) is 11.8. The fraction of sp³-hybridized carbons (Fsp3) is 0.312. The fourth-order valence-electron chi connectivity index (χ4n) is 2.01. The number of carbonyl (C=O) groups excluding carboxylic acids is 1. The molecule has 0 aromatic heterocycles. The van der Waals surface area contributed by atoms with Crippen molar-refractivity contribution in [3.63, 3.8) is 0 Å². The standard InChI is InChI=1S/C16H19NO2/c1-12(18)14-9-8-13-6-4-5-7-15(13)16(14)19-11-10-17(2)3/h4-9H,10-11H2,1-3H3. The minimum absolute atomic E-state index is 0.0330. The normalized spacial score (nSPS) is 10.9. The minimum Gasteiger partial charge on any atom is -0.491 e. The van der Waals surface area contributed by atoms with E-state index in [0.29, 0.717) is 17.9 Å². The van der Waals surface area contributed by atoms with Crippen LogP contribution in [-0.2, 0) is 0 Å². The number of ether oxygens (including phenoxy) is 1. The van der Waals surface area contributed by atoms with Crippen LogP contribution in [0.3, 0.4) is 0 Å². The van der Waals surface area contributed by atoms with Crippen LogP contribution in [0.1, 0.15) is 17.3 Å². The summed E-state index contributed by atoms with van der Waals surface area (Å²) in [7, 11) is 4.00. The van der Waals surface area contributed by atoms with Crippen molar-refractivity contribution in [1.29, 1.82) is 0 Å². The van der Waals surface area contributed by atoms with Crippen LogP contribution in [0.25, 0.3) is 10.8 Å². The first-order valence-corrected chi connectivity index (χ1v) is 6.40. The third kappa shape index (κ3) is 3.12. The number of rotatable bonds is 5. The second-order valence-electron chi connectivity index (χ2n) is 4.87. The summed E-state index contributed by atoms with van der Waals surface area (Å²) in [5, 5.41) is 2.08. The quantitative estimate of drug-likeness (QED) is 0.771. The average molecular weight is 257 g/mol. The Labute approximate surface area is 113 Å². The number of nitrogens with zero attached hydrogens (tertiary/aromatic N) is 1. The van der Waals surface area contributed by atoms with Gasteiger partial charge in [-0.3, -0.25) is 4.79 Å². The Balaban J connectivity index is 2.41. The molecule has 100 valence electrons. The van der Waals surface area contributed by atoms with Gasteiger partial charge in [0, 0.05) is 11.9 Å². The lowest BCUT2D eigenvalue weighted by Gasteiger charge is -2.15. The van der Waals surface area contributed by atoms with E-state index >= 15 is 0 Å². The van der Waals surface area contributed by atoms with Crippen molar-refractivity contribution in [3.05, 3.63) is 42.0 Å². The zero-order valence-corrected chi connectivity index (χ0v) is 11.6. The van der Waals surface area contributed by atoms with Crippen molar-refractivity contribution in [3.8, 4) is 5.75 Å². The molecule has 0 unspecified atom stereocenters. The van der Waals surface area contributed by atoms with Crippen molar-refractivity contribution in [2.24, 2.45) is 0 Å². The molecule has 2 aromatic rings. The van der Waals surface area contributed by atoms with Gasteiger partial charge in [-0.25, -0.2) is 0 Å². The summed E-state index contributed by atoms with van der Waals surface area (Å²) in [4.78, 5) is 13.8. The van der Waals surface area contributed by atoms with Crippen LogP contribution in [0.4, 0.5) is 0 Å². The van der Waals surface area contributed by atoms with E-state index in [9.17, 15) is 4.79 Å². The van der Waals surface area contributed by atoms with Crippen LogP contribution in [0, 0.1) is 0 Å². The van der Waals surface area contributed by atoms with Gasteiger partial charge in [-0.1, -0.05) is 30.3 Å². The van der Waals surface area contributed by atoms with E-state index in [2.05, 4.69) is 4.90 Å². The number of benzene rings is 2. The van der Waals surface area contributed by atoms with E-state index in [1.54, 1.807) is 6.92 Å². The monoisotopic (exact) mass is 257 g/mol. The Morgan fingerprint density at radius 2 is 1.89 bits per heavy atom. The highest BCUT2D eigenvalue weighted by Crippen LogP contribution is 2.30. The maximum absolute atomic E-state index is 11.7. The van der Waals surface area contributed by atoms with Crippen LogP contribution < -0.4 is 4.74 Å². The van der Waals surface area contributed by atoms with Gasteiger partial charge in [0.1, 0.15) is 12.4 Å². The van der Waals surface area contributed by atoms with Gasteiger partial charge in [-0.15, -0.1) is 0 Å². The summed E-state index contributed by atoms with van der Waals surface area (Å²) >= 11 is 0. The van der Waals surface area contributed by atoms with Gasteiger partial charge >= 0.3 is 0 Å². The molecule has 0 amide bonds. The highest BCUT2D eigenvalue weighted by molar-refractivity contribution is 6.03. The zero-order valence-electron chi connectivity index (χ0n) is 11.6. The number of ketones is 1. The second-order valence-corrected chi connectivity index (χ2v) is 4.87. The molecule has 0 aliphatic heterocycles. The minimum atomic E-state index is 0.0330. The third-order valence-electron chi connectivity index (χ3n) is 3.04. The van der Waals surface area contributed by atoms with Gasteiger partial charge in [0.25, 0.3) is 0 Å². The lowest BCUT2D eigenvalue weighted by atomic mass is 10.0. The summed E-state index contributed by atoms with van der Waals surface area (Å²) in [5.41, 5.74) is 0.650. The highest BCUT2D eigenvalue weighted by Gasteiger charge is 2.12. The molecular weight excluding hydrogens is 238 g/mol. The molecule has 0 N–H and O–H groups in total. The molecule has 0 bridgehead atoms. The van der Waals surface area contributed by atoms with Crippen LogP contribution in [0.2, 0.25) is 0 Å². The number of hydrogen-bond acceptors (Lipinski definition) is 3. The average Bonchev–Trinajstić information content (AvgIpc) is 2.38. The number of fused-ring (bicyclic) bond motifs is 1. The maximum atomic E-state index is 11.7. The molecule has 0 saturated carbocycles. The molecule has 0 fully saturated rings. The molecule has 0 radical (unpaired) electrons. The Bertz CT molecular complexity index is 590. The Morgan fingerprint density at radius 1 is 1.16 bits per heavy atom. The molecule has 0 atom stereocenters. The lowest BCUT2D eigenvalue weighted by Crippen LogP contribution is -2.20. The van der Waals surface area contributed by atoms with Gasteiger partial charge in [-0.05, 0) is 32.5 Å². The molecule has 0 aliphatic rings. The first-order valence-electron chi connectivity index (χ1n) is 6.40. The fourth-order valence-corrected chi connectivity index (χ4v) is 2.01. The number of Topliss-reactive ketones (excluding diaryl/α,β-unsaturated/α-hetero) is 1. The van der Waals surface area contributed by atoms with Crippen molar-refractivity contribution in [2.45, 2.75) is 6.92 Å². The van der Waals surface area contributed by atoms with Gasteiger partial charge < -0.3 is 9.64 Å².